The van der Waals surface area contributed by atoms with Crippen molar-refractivity contribution in [3.05, 3.63) is 65.2 Å². The zero-order valence-corrected chi connectivity index (χ0v) is 13.2. The summed E-state index contributed by atoms with van der Waals surface area (Å²) in [5.74, 6) is -0.173. The molecule has 0 aromatic heterocycles. The van der Waals surface area contributed by atoms with E-state index in [1.165, 1.54) is 5.56 Å². The van der Waals surface area contributed by atoms with E-state index in [-0.39, 0.29) is 12.5 Å². The highest BCUT2D eigenvalue weighted by atomic mass is 16.2. The summed E-state index contributed by atoms with van der Waals surface area (Å²) in [5.41, 5.74) is 7.69. The number of hydrogen-bond donors (Lipinski definition) is 2. The van der Waals surface area contributed by atoms with Gasteiger partial charge in [0.25, 0.3) is 5.91 Å². The van der Waals surface area contributed by atoms with Gasteiger partial charge in [-0.15, -0.1) is 0 Å². The minimum atomic E-state index is -0.173. The van der Waals surface area contributed by atoms with Crippen LogP contribution in [0.1, 0.15) is 23.6 Å². The smallest absolute Gasteiger partial charge is 0.259 e. The van der Waals surface area contributed by atoms with Crippen LogP contribution in [0.5, 0.6) is 0 Å². The van der Waals surface area contributed by atoms with Gasteiger partial charge in [-0.3, -0.25) is 4.79 Å². The standard InChI is InChI=1S/C18H21N3O/c1-13-9-10-17(14(2)11-13)15(3)20-21-18(22)12-19-16-7-5-4-6-8-16/h4-11,19H,12H2,1-3H3,(H,21,22)/b20-15-. The van der Waals surface area contributed by atoms with E-state index in [9.17, 15) is 4.79 Å². The van der Waals surface area contributed by atoms with Crippen molar-refractivity contribution in [3.8, 4) is 0 Å². The summed E-state index contributed by atoms with van der Waals surface area (Å²) in [6.07, 6.45) is 0. The quantitative estimate of drug-likeness (QED) is 0.657. The van der Waals surface area contributed by atoms with Gasteiger partial charge < -0.3 is 5.32 Å². The van der Waals surface area contributed by atoms with E-state index in [4.69, 9.17) is 0 Å². The Labute approximate surface area is 131 Å². The van der Waals surface area contributed by atoms with Crippen molar-refractivity contribution in [2.24, 2.45) is 5.10 Å². The van der Waals surface area contributed by atoms with Gasteiger partial charge in [0, 0.05) is 11.3 Å². The molecule has 0 spiro atoms. The summed E-state index contributed by atoms with van der Waals surface area (Å²) in [4.78, 5) is 11.8. The van der Waals surface area contributed by atoms with Crippen molar-refractivity contribution in [3.63, 3.8) is 0 Å². The minimum absolute atomic E-state index is 0.173. The highest BCUT2D eigenvalue weighted by Gasteiger charge is 2.04. The minimum Gasteiger partial charge on any atom is -0.376 e. The average Bonchev–Trinajstić information content (AvgIpc) is 2.51. The van der Waals surface area contributed by atoms with Crippen molar-refractivity contribution in [2.45, 2.75) is 20.8 Å². The van der Waals surface area contributed by atoms with Crippen LogP contribution in [0.2, 0.25) is 0 Å². The van der Waals surface area contributed by atoms with Crippen LogP contribution in [-0.2, 0) is 4.79 Å². The molecular weight excluding hydrogens is 274 g/mol. The van der Waals surface area contributed by atoms with Crippen LogP contribution in [0, 0.1) is 13.8 Å². The summed E-state index contributed by atoms with van der Waals surface area (Å²) in [6, 6.07) is 15.8. The Morgan fingerprint density at radius 3 is 2.50 bits per heavy atom. The van der Waals surface area contributed by atoms with E-state index in [0.717, 1.165) is 22.5 Å². The topological polar surface area (TPSA) is 53.5 Å². The first-order valence-corrected chi connectivity index (χ1v) is 7.26. The number of hydrazone groups is 1. The number of nitrogens with zero attached hydrogens (tertiary/aromatic N) is 1. The highest BCUT2D eigenvalue weighted by molar-refractivity contribution is 6.00. The van der Waals surface area contributed by atoms with Gasteiger partial charge in [0.05, 0.1) is 12.3 Å². The molecule has 2 aromatic rings. The highest BCUT2D eigenvalue weighted by Crippen LogP contribution is 2.11. The fourth-order valence-electron chi connectivity index (χ4n) is 2.20. The Morgan fingerprint density at radius 2 is 1.82 bits per heavy atom. The first-order valence-electron chi connectivity index (χ1n) is 7.26. The third-order valence-electron chi connectivity index (χ3n) is 3.35. The third kappa shape index (κ3) is 4.45. The molecule has 2 aromatic carbocycles. The molecular formula is C18H21N3O. The fourth-order valence-corrected chi connectivity index (χ4v) is 2.20. The van der Waals surface area contributed by atoms with Gasteiger partial charge in [0.1, 0.15) is 0 Å². The molecule has 114 valence electrons. The van der Waals surface area contributed by atoms with E-state index in [1.54, 1.807) is 0 Å². The molecule has 0 fully saturated rings. The van der Waals surface area contributed by atoms with Crippen molar-refractivity contribution in [2.75, 3.05) is 11.9 Å². The fraction of sp³-hybridized carbons (Fsp3) is 0.222. The van der Waals surface area contributed by atoms with E-state index < -0.39 is 0 Å². The number of carbonyl (C=O) groups excluding carboxylic acids is 1. The number of amides is 1. The molecule has 4 heteroatoms. The Kier molecular flexibility index (Phi) is 5.31. The third-order valence-corrected chi connectivity index (χ3v) is 3.35. The van der Waals surface area contributed by atoms with Crippen molar-refractivity contribution >= 4 is 17.3 Å². The number of rotatable bonds is 5. The van der Waals surface area contributed by atoms with Gasteiger partial charge in [0.15, 0.2) is 0 Å². The summed E-state index contributed by atoms with van der Waals surface area (Å²) < 4.78 is 0. The predicted octanol–water partition coefficient (Wildman–Crippen LogP) is 3.26. The zero-order chi connectivity index (χ0) is 15.9. The van der Waals surface area contributed by atoms with Crippen LogP contribution in [0.25, 0.3) is 0 Å². The largest absolute Gasteiger partial charge is 0.376 e. The van der Waals surface area contributed by atoms with Crippen molar-refractivity contribution in [1.29, 1.82) is 0 Å². The van der Waals surface area contributed by atoms with Crippen molar-refractivity contribution < 1.29 is 4.79 Å². The van der Waals surface area contributed by atoms with Gasteiger partial charge in [0.2, 0.25) is 0 Å². The molecule has 4 nitrogen and oxygen atoms in total. The van der Waals surface area contributed by atoms with Gasteiger partial charge in [-0.05, 0) is 38.5 Å². The number of para-hydroxylation sites is 1. The van der Waals surface area contributed by atoms with E-state index in [2.05, 4.69) is 28.8 Å². The number of anilines is 1. The molecule has 0 radical (unpaired) electrons. The lowest BCUT2D eigenvalue weighted by Crippen LogP contribution is -2.26. The predicted molar refractivity (Wildman–Crippen MR) is 91.2 cm³/mol. The SMILES string of the molecule is C/C(=N/NC(=O)CNc1ccccc1)c1ccc(C)cc1C. The first-order chi connectivity index (χ1) is 10.6. The maximum absolute atomic E-state index is 11.8. The molecule has 2 N–H and O–H groups in total. The lowest BCUT2D eigenvalue weighted by molar-refractivity contribution is -0.119. The molecule has 0 saturated carbocycles. The number of hydrogen-bond acceptors (Lipinski definition) is 3. The van der Waals surface area contributed by atoms with Crippen molar-refractivity contribution in [1.82, 2.24) is 5.43 Å². The van der Waals surface area contributed by atoms with Crippen LogP contribution in [0.3, 0.4) is 0 Å². The van der Waals surface area contributed by atoms with Crippen LogP contribution in [0.15, 0.2) is 53.6 Å². The molecule has 0 aliphatic heterocycles. The second-order valence-electron chi connectivity index (χ2n) is 5.27. The summed E-state index contributed by atoms with van der Waals surface area (Å²) >= 11 is 0. The monoisotopic (exact) mass is 295 g/mol. The Balaban J connectivity index is 1.91. The lowest BCUT2D eigenvalue weighted by atomic mass is 10.0. The molecule has 22 heavy (non-hydrogen) atoms. The molecule has 1 amide bonds. The van der Waals surface area contributed by atoms with Crippen LogP contribution in [0.4, 0.5) is 5.69 Å². The number of nitrogens with one attached hydrogen (secondary N) is 2. The van der Waals surface area contributed by atoms with Crippen LogP contribution >= 0.6 is 0 Å². The van der Waals surface area contributed by atoms with Crippen LogP contribution < -0.4 is 10.7 Å². The van der Waals surface area contributed by atoms with Crippen LogP contribution in [-0.4, -0.2) is 18.2 Å². The lowest BCUT2D eigenvalue weighted by Gasteiger charge is -2.08. The Bertz CT molecular complexity index is 678. The van der Waals surface area contributed by atoms with Gasteiger partial charge in [-0.2, -0.15) is 5.10 Å². The Morgan fingerprint density at radius 1 is 1.09 bits per heavy atom. The Hall–Kier alpha value is -2.62. The number of aryl methyl sites for hydroxylation is 2. The summed E-state index contributed by atoms with van der Waals surface area (Å²) in [5, 5.41) is 7.22. The summed E-state index contributed by atoms with van der Waals surface area (Å²) in [7, 11) is 0. The summed E-state index contributed by atoms with van der Waals surface area (Å²) in [6.45, 7) is 6.18. The van der Waals surface area contributed by atoms with E-state index >= 15 is 0 Å². The average molecular weight is 295 g/mol. The zero-order valence-electron chi connectivity index (χ0n) is 13.2. The van der Waals surface area contributed by atoms with E-state index in [1.807, 2.05) is 56.3 Å². The number of benzene rings is 2. The molecule has 0 saturated heterocycles. The molecule has 0 aliphatic rings. The van der Waals surface area contributed by atoms with Gasteiger partial charge >= 0.3 is 0 Å². The van der Waals surface area contributed by atoms with Gasteiger partial charge in [-0.1, -0.05) is 42.0 Å². The molecule has 0 heterocycles. The molecule has 2 rings (SSSR count). The molecule has 0 atom stereocenters. The van der Waals surface area contributed by atoms with Gasteiger partial charge in [-0.25, -0.2) is 5.43 Å². The maximum atomic E-state index is 11.8. The molecule has 0 bridgehead atoms. The second-order valence-corrected chi connectivity index (χ2v) is 5.27. The molecule has 0 unspecified atom stereocenters. The van der Waals surface area contributed by atoms with E-state index in [0.29, 0.717) is 0 Å². The first kappa shape index (κ1) is 15.8. The normalized spacial score (nSPS) is 11.1. The molecule has 0 aliphatic carbocycles. The number of carbonyl (C=O) groups is 1. The second kappa shape index (κ2) is 7.41. The maximum Gasteiger partial charge on any atom is 0.259 e.